The molecule has 3 fully saturated rings. The number of aromatic nitrogens is 2. The van der Waals surface area contributed by atoms with E-state index in [9.17, 15) is 22.8 Å². The van der Waals surface area contributed by atoms with Crippen LogP contribution in [0.3, 0.4) is 0 Å². The molecule has 4 rings (SSSR count). The Kier molecular flexibility index (Phi) is 8.17. The van der Waals surface area contributed by atoms with Gasteiger partial charge in [0.25, 0.3) is 11.5 Å². The second-order valence-corrected chi connectivity index (χ2v) is 9.60. The number of hydrogen-bond donors (Lipinski definition) is 2. The maximum atomic E-state index is 13.2. The highest BCUT2D eigenvalue weighted by molar-refractivity contribution is 5.83. The number of hydrogen-bond acceptors (Lipinski definition) is 8. The average Bonchev–Trinajstić information content (AvgIpc) is 3.22. The lowest BCUT2D eigenvalue weighted by atomic mass is 9.96. The molecule has 3 saturated heterocycles. The topological polar surface area (TPSA) is 124 Å². The number of nitriles is 1. The first-order chi connectivity index (χ1) is 17.2. The highest BCUT2D eigenvalue weighted by Crippen LogP contribution is 2.33. The highest BCUT2D eigenvalue weighted by atomic mass is 19.4. The van der Waals surface area contributed by atoms with Crippen molar-refractivity contribution in [1.29, 1.82) is 5.26 Å². The van der Waals surface area contributed by atoms with Crippen molar-refractivity contribution in [2.24, 2.45) is 5.92 Å². The van der Waals surface area contributed by atoms with Gasteiger partial charge in [-0.05, 0) is 32.6 Å². The highest BCUT2D eigenvalue weighted by Gasteiger charge is 2.40. The summed E-state index contributed by atoms with van der Waals surface area (Å²) in [5.74, 6) is -0.712. The fraction of sp³-hybridized carbons (Fsp3) is 0.739. The molecule has 3 aliphatic heterocycles. The van der Waals surface area contributed by atoms with Crippen molar-refractivity contribution < 1.29 is 27.4 Å². The maximum Gasteiger partial charge on any atom is 0.425 e. The molecule has 1 aromatic rings. The molecule has 198 valence electrons. The molecule has 4 atom stereocenters. The van der Waals surface area contributed by atoms with E-state index in [2.05, 4.69) is 21.4 Å². The molecular weight excluding hydrogens is 481 g/mol. The van der Waals surface area contributed by atoms with Gasteiger partial charge in [-0.25, -0.2) is 5.10 Å². The van der Waals surface area contributed by atoms with E-state index in [1.807, 2.05) is 4.90 Å². The standard InChI is InChI=1S/C23H31F3N6O4/c1-14(36-18-12-29-30-21(33)20(18)23(24,25)26)13-35-17-6-9-32(22(17)34)16-4-7-31(8-5-16)19-3-2-15(10-27)11-28-19/h12,14-17,19,28H,2-9,11,13H2,1H3,(H,30,33)/t14-,15?,17?,19?/m0/s1. The smallest absolute Gasteiger partial charge is 0.425 e. The van der Waals surface area contributed by atoms with Crippen LogP contribution in [0.1, 0.15) is 44.6 Å². The lowest BCUT2D eigenvalue weighted by Crippen LogP contribution is -2.55. The van der Waals surface area contributed by atoms with Crippen molar-refractivity contribution in [1.82, 2.24) is 25.3 Å². The maximum absolute atomic E-state index is 13.2. The van der Waals surface area contributed by atoms with E-state index in [-0.39, 0.29) is 30.6 Å². The monoisotopic (exact) mass is 512 g/mol. The van der Waals surface area contributed by atoms with Gasteiger partial charge in [0.15, 0.2) is 11.3 Å². The SMILES string of the molecule is C[C@@H](COC1CCN(C2CCN(C3CCC(C#N)CN3)CC2)C1=O)Oc1cn[nH]c(=O)c1C(F)(F)F. The summed E-state index contributed by atoms with van der Waals surface area (Å²) in [5, 5.41) is 17.7. The van der Waals surface area contributed by atoms with Crippen molar-refractivity contribution in [3.63, 3.8) is 0 Å². The Balaban J connectivity index is 1.23. The number of amides is 1. The van der Waals surface area contributed by atoms with E-state index >= 15 is 0 Å². The van der Waals surface area contributed by atoms with Crippen molar-refractivity contribution in [2.45, 2.75) is 69.6 Å². The van der Waals surface area contributed by atoms with Crippen LogP contribution in [-0.2, 0) is 15.7 Å². The molecule has 0 spiro atoms. The first kappa shape index (κ1) is 26.4. The van der Waals surface area contributed by atoms with Crippen LogP contribution >= 0.6 is 0 Å². The van der Waals surface area contributed by atoms with Gasteiger partial charge in [0, 0.05) is 38.6 Å². The number of carbonyl (C=O) groups excluding carboxylic acids is 1. The van der Waals surface area contributed by atoms with Crippen LogP contribution in [-0.4, -0.2) is 83.1 Å². The molecule has 1 amide bonds. The third-order valence-corrected chi connectivity index (χ3v) is 7.11. The number of H-pyrrole nitrogens is 1. The molecule has 2 N–H and O–H groups in total. The Morgan fingerprint density at radius 3 is 2.58 bits per heavy atom. The zero-order chi connectivity index (χ0) is 25.9. The van der Waals surface area contributed by atoms with Gasteiger partial charge in [0.05, 0.1) is 31.0 Å². The van der Waals surface area contributed by atoms with Crippen LogP contribution < -0.4 is 15.6 Å². The van der Waals surface area contributed by atoms with Crippen LogP contribution in [0.5, 0.6) is 5.75 Å². The fourth-order valence-corrected chi connectivity index (χ4v) is 5.21. The predicted molar refractivity (Wildman–Crippen MR) is 121 cm³/mol. The minimum absolute atomic E-state index is 0.0739. The zero-order valence-electron chi connectivity index (χ0n) is 20.1. The lowest BCUT2D eigenvalue weighted by Gasteiger charge is -2.42. The number of carbonyl (C=O) groups is 1. The molecule has 3 unspecified atom stereocenters. The molecule has 0 aromatic carbocycles. The second kappa shape index (κ2) is 11.1. The largest absolute Gasteiger partial charge is 0.486 e. The van der Waals surface area contributed by atoms with Gasteiger partial charge in [0.1, 0.15) is 12.2 Å². The molecule has 36 heavy (non-hydrogen) atoms. The van der Waals surface area contributed by atoms with Crippen molar-refractivity contribution >= 4 is 5.91 Å². The lowest BCUT2D eigenvalue weighted by molar-refractivity contribution is -0.142. The number of ether oxygens (including phenoxy) is 2. The van der Waals surface area contributed by atoms with Crippen LogP contribution in [0.2, 0.25) is 0 Å². The molecule has 3 aliphatic rings. The van der Waals surface area contributed by atoms with Crippen molar-refractivity contribution in [2.75, 3.05) is 32.8 Å². The van der Waals surface area contributed by atoms with Gasteiger partial charge < -0.3 is 19.7 Å². The summed E-state index contributed by atoms with van der Waals surface area (Å²) in [4.78, 5) is 28.8. The Hall–Kier alpha value is -2.69. The van der Waals surface area contributed by atoms with Gasteiger partial charge in [-0.3, -0.25) is 14.5 Å². The molecule has 0 saturated carbocycles. The summed E-state index contributed by atoms with van der Waals surface area (Å²) in [6.07, 6.45) is -1.26. The number of halogens is 3. The molecule has 0 bridgehead atoms. The van der Waals surface area contributed by atoms with Crippen molar-refractivity contribution in [3.05, 3.63) is 22.1 Å². The summed E-state index contributed by atoms with van der Waals surface area (Å²) >= 11 is 0. The number of likely N-dealkylation sites (tertiary alicyclic amines) is 2. The molecule has 4 heterocycles. The number of alkyl halides is 3. The normalized spacial score (nSPS) is 27.1. The minimum Gasteiger partial charge on any atom is -0.486 e. The second-order valence-electron chi connectivity index (χ2n) is 9.60. The van der Waals surface area contributed by atoms with E-state index in [0.717, 1.165) is 45.0 Å². The number of nitrogens with one attached hydrogen (secondary N) is 2. The third-order valence-electron chi connectivity index (χ3n) is 7.11. The number of piperidine rings is 2. The molecule has 1 aromatic heterocycles. The van der Waals surface area contributed by atoms with E-state index in [0.29, 0.717) is 19.5 Å². The molecule has 13 heteroatoms. The first-order valence-corrected chi connectivity index (χ1v) is 12.3. The van der Waals surface area contributed by atoms with Crippen LogP contribution in [0.15, 0.2) is 11.0 Å². The quantitative estimate of drug-likeness (QED) is 0.563. The van der Waals surface area contributed by atoms with Gasteiger partial charge in [-0.1, -0.05) is 0 Å². The number of nitrogens with zero attached hydrogens (tertiary/aromatic N) is 4. The van der Waals surface area contributed by atoms with Crippen molar-refractivity contribution in [3.8, 4) is 11.8 Å². The molecule has 0 aliphatic carbocycles. The molecule has 0 radical (unpaired) electrons. The zero-order valence-corrected chi connectivity index (χ0v) is 20.1. The predicted octanol–water partition coefficient (Wildman–Crippen LogP) is 1.49. The van der Waals surface area contributed by atoms with Gasteiger partial charge in [-0.2, -0.15) is 23.5 Å². The van der Waals surface area contributed by atoms with E-state index < -0.39 is 35.3 Å². The Morgan fingerprint density at radius 1 is 1.19 bits per heavy atom. The summed E-state index contributed by atoms with van der Waals surface area (Å²) in [5.41, 5.74) is -2.83. The summed E-state index contributed by atoms with van der Waals surface area (Å²) in [6, 6.07) is 2.44. The number of aromatic amines is 1. The Labute approximate surface area is 206 Å². The fourth-order valence-electron chi connectivity index (χ4n) is 5.21. The van der Waals surface area contributed by atoms with E-state index in [1.165, 1.54) is 6.92 Å². The summed E-state index contributed by atoms with van der Waals surface area (Å²) in [6.45, 7) is 4.42. The van der Waals surface area contributed by atoms with E-state index in [4.69, 9.17) is 14.7 Å². The molecular formula is C23H31F3N6O4. The van der Waals surface area contributed by atoms with Crippen LogP contribution in [0.4, 0.5) is 13.2 Å². The van der Waals surface area contributed by atoms with Crippen LogP contribution in [0.25, 0.3) is 0 Å². The molecule has 10 nitrogen and oxygen atoms in total. The van der Waals surface area contributed by atoms with Gasteiger partial charge in [0.2, 0.25) is 0 Å². The van der Waals surface area contributed by atoms with Gasteiger partial charge in [-0.15, -0.1) is 0 Å². The first-order valence-electron chi connectivity index (χ1n) is 12.3. The Morgan fingerprint density at radius 2 is 1.94 bits per heavy atom. The van der Waals surface area contributed by atoms with Gasteiger partial charge >= 0.3 is 6.18 Å². The summed E-state index contributed by atoms with van der Waals surface area (Å²) < 4.78 is 50.6. The third kappa shape index (κ3) is 5.99. The minimum atomic E-state index is -4.89. The number of rotatable bonds is 7. The summed E-state index contributed by atoms with van der Waals surface area (Å²) in [7, 11) is 0. The Bertz CT molecular complexity index is 1010. The van der Waals surface area contributed by atoms with E-state index in [1.54, 1.807) is 5.10 Å². The van der Waals surface area contributed by atoms with Crippen LogP contribution in [0, 0.1) is 17.2 Å². The average molecular weight is 513 g/mol.